The van der Waals surface area contributed by atoms with Gasteiger partial charge in [-0.1, -0.05) is 13.8 Å². The topological polar surface area (TPSA) is 61.9 Å². The van der Waals surface area contributed by atoms with Crippen molar-refractivity contribution >= 4 is 17.5 Å². The Hall–Kier alpha value is -2.22. The van der Waals surface area contributed by atoms with Gasteiger partial charge in [-0.25, -0.2) is 8.78 Å². The van der Waals surface area contributed by atoms with Crippen molar-refractivity contribution < 1.29 is 23.1 Å². The molecule has 2 heterocycles. The summed E-state index contributed by atoms with van der Waals surface area (Å²) in [7, 11) is 0. The molecule has 0 aliphatic carbocycles. The van der Waals surface area contributed by atoms with E-state index in [0.717, 1.165) is 44.6 Å². The van der Waals surface area contributed by atoms with E-state index in [-0.39, 0.29) is 41.8 Å². The molecule has 1 fully saturated rings. The fourth-order valence-corrected chi connectivity index (χ4v) is 3.56. The SMILES string of the molecule is CC(C)C(=O)NC1CCN(CCCN2C(=O)COc3cc(F)c(F)cc32)CC1. The number of nitrogens with one attached hydrogen (secondary N) is 1. The van der Waals surface area contributed by atoms with Crippen LogP contribution < -0.4 is 15.0 Å². The van der Waals surface area contributed by atoms with E-state index >= 15 is 0 Å². The Morgan fingerprint density at radius 2 is 1.89 bits per heavy atom. The minimum absolute atomic E-state index is 0.00900. The van der Waals surface area contributed by atoms with Gasteiger partial charge in [0, 0.05) is 43.7 Å². The highest BCUT2D eigenvalue weighted by molar-refractivity contribution is 5.97. The standard InChI is InChI=1S/C20H27F2N3O3/c1-13(2)20(27)23-14-4-8-24(9-5-14)6-3-7-25-17-10-15(21)16(22)11-18(17)28-12-19(25)26/h10-11,13-14H,3-9,12H2,1-2H3,(H,23,27). The van der Waals surface area contributed by atoms with E-state index in [9.17, 15) is 18.4 Å². The van der Waals surface area contributed by atoms with Gasteiger partial charge >= 0.3 is 0 Å². The minimum Gasteiger partial charge on any atom is -0.481 e. The number of anilines is 1. The summed E-state index contributed by atoms with van der Waals surface area (Å²) in [6, 6.07) is 2.22. The quantitative estimate of drug-likeness (QED) is 0.803. The second kappa shape index (κ2) is 8.86. The average Bonchev–Trinajstić information content (AvgIpc) is 2.66. The molecule has 28 heavy (non-hydrogen) atoms. The number of likely N-dealkylation sites (tertiary alicyclic amines) is 1. The molecule has 0 radical (unpaired) electrons. The van der Waals surface area contributed by atoms with Crippen LogP contribution in [0.1, 0.15) is 33.1 Å². The zero-order chi connectivity index (χ0) is 20.3. The van der Waals surface area contributed by atoms with Crippen LogP contribution in [0.3, 0.4) is 0 Å². The van der Waals surface area contributed by atoms with E-state index in [1.807, 2.05) is 13.8 Å². The molecular formula is C20H27F2N3O3. The molecule has 1 saturated heterocycles. The van der Waals surface area contributed by atoms with Gasteiger partial charge in [-0.3, -0.25) is 9.59 Å². The van der Waals surface area contributed by atoms with Gasteiger partial charge in [-0.15, -0.1) is 0 Å². The average molecular weight is 395 g/mol. The third-order valence-corrected chi connectivity index (χ3v) is 5.26. The number of hydrogen-bond acceptors (Lipinski definition) is 4. The van der Waals surface area contributed by atoms with Crippen molar-refractivity contribution in [2.75, 3.05) is 37.7 Å². The molecule has 2 aliphatic heterocycles. The van der Waals surface area contributed by atoms with Crippen LogP contribution >= 0.6 is 0 Å². The zero-order valence-corrected chi connectivity index (χ0v) is 16.3. The monoisotopic (exact) mass is 395 g/mol. The molecule has 2 amide bonds. The number of amides is 2. The van der Waals surface area contributed by atoms with E-state index in [1.54, 1.807) is 0 Å². The number of ether oxygens (including phenoxy) is 1. The molecule has 0 saturated carbocycles. The highest BCUT2D eigenvalue weighted by Gasteiger charge is 2.28. The van der Waals surface area contributed by atoms with E-state index in [1.165, 1.54) is 4.90 Å². The lowest BCUT2D eigenvalue weighted by Crippen LogP contribution is -2.46. The van der Waals surface area contributed by atoms with Gasteiger partial charge in [-0.2, -0.15) is 0 Å². The van der Waals surface area contributed by atoms with Gasteiger partial charge in [0.2, 0.25) is 5.91 Å². The van der Waals surface area contributed by atoms with Crippen LogP contribution in [-0.2, 0) is 9.59 Å². The van der Waals surface area contributed by atoms with Crippen molar-refractivity contribution in [3.63, 3.8) is 0 Å². The summed E-state index contributed by atoms with van der Waals surface area (Å²) in [6.07, 6.45) is 2.53. The van der Waals surface area contributed by atoms with Crippen LogP contribution in [0, 0.1) is 17.6 Å². The van der Waals surface area contributed by atoms with Crippen molar-refractivity contribution in [1.82, 2.24) is 10.2 Å². The first-order chi connectivity index (χ1) is 13.3. The summed E-state index contributed by atoms with van der Waals surface area (Å²) in [5, 5.41) is 3.07. The molecule has 0 bridgehead atoms. The minimum atomic E-state index is -0.993. The van der Waals surface area contributed by atoms with Crippen LogP contribution in [-0.4, -0.2) is 55.5 Å². The number of carbonyl (C=O) groups excluding carboxylic acids is 2. The van der Waals surface area contributed by atoms with Crippen LogP contribution in [0.5, 0.6) is 5.75 Å². The smallest absolute Gasteiger partial charge is 0.265 e. The fourth-order valence-electron chi connectivity index (χ4n) is 3.56. The molecule has 154 valence electrons. The van der Waals surface area contributed by atoms with E-state index in [0.29, 0.717) is 13.0 Å². The Morgan fingerprint density at radius 1 is 1.21 bits per heavy atom. The Balaban J connectivity index is 1.48. The number of carbonyl (C=O) groups is 2. The molecule has 1 N–H and O–H groups in total. The fraction of sp³-hybridized carbons (Fsp3) is 0.600. The zero-order valence-electron chi connectivity index (χ0n) is 16.3. The summed E-state index contributed by atoms with van der Waals surface area (Å²) >= 11 is 0. The molecule has 1 aromatic rings. The van der Waals surface area contributed by atoms with Crippen LogP contribution in [0.15, 0.2) is 12.1 Å². The van der Waals surface area contributed by atoms with Crippen molar-refractivity contribution in [1.29, 1.82) is 0 Å². The largest absolute Gasteiger partial charge is 0.481 e. The second-order valence-electron chi connectivity index (χ2n) is 7.70. The van der Waals surface area contributed by atoms with Crippen molar-refractivity contribution in [3.05, 3.63) is 23.8 Å². The van der Waals surface area contributed by atoms with E-state index in [2.05, 4.69) is 10.2 Å². The van der Waals surface area contributed by atoms with E-state index in [4.69, 9.17) is 4.74 Å². The Bertz CT molecular complexity index is 734. The first-order valence-corrected chi connectivity index (χ1v) is 9.80. The predicted octanol–water partition coefficient (Wildman–Crippen LogP) is 2.32. The van der Waals surface area contributed by atoms with Gasteiger partial charge in [0.1, 0.15) is 5.75 Å². The van der Waals surface area contributed by atoms with Crippen LogP contribution in [0.2, 0.25) is 0 Å². The molecule has 3 rings (SSSR count). The molecule has 8 heteroatoms. The molecule has 6 nitrogen and oxygen atoms in total. The third kappa shape index (κ3) is 4.79. The number of piperidine rings is 1. The number of fused-ring (bicyclic) bond motifs is 1. The van der Waals surface area contributed by atoms with Crippen LogP contribution in [0.25, 0.3) is 0 Å². The number of rotatable bonds is 6. The maximum Gasteiger partial charge on any atom is 0.265 e. The highest BCUT2D eigenvalue weighted by Crippen LogP contribution is 2.34. The normalized spacial score (nSPS) is 18.2. The summed E-state index contributed by atoms with van der Waals surface area (Å²) in [5.41, 5.74) is 0.283. The molecule has 2 aliphatic rings. The number of benzene rings is 1. The lowest BCUT2D eigenvalue weighted by molar-refractivity contribution is -0.125. The number of halogens is 2. The van der Waals surface area contributed by atoms with Gasteiger partial charge < -0.3 is 19.9 Å². The maximum atomic E-state index is 13.6. The summed E-state index contributed by atoms with van der Waals surface area (Å²) in [5.74, 6) is -1.96. The Labute approximate surface area is 163 Å². The number of nitrogens with zero attached hydrogens (tertiary/aromatic N) is 2. The van der Waals surface area contributed by atoms with E-state index < -0.39 is 11.6 Å². The van der Waals surface area contributed by atoms with Crippen LogP contribution in [0.4, 0.5) is 14.5 Å². The third-order valence-electron chi connectivity index (χ3n) is 5.26. The maximum absolute atomic E-state index is 13.6. The van der Waals surface area contributed by atoms with Gasteiger partial charge in [0.15, 0.2) is 18.2 Å². The molecule has 0 atom stereocenters. The first kappa shape index (κ1) is 20.5. The molecule has 0 spiro atoms. The van der Waals surface area contributed by atoms with Gasteiger partial charge in [0.25, 0.3) is 5.91 Å². The Morgan fingerprint density at radius 3 is 2.57 bits per heavy atom. The first-order valence-electron chi connectivity index (χ1n) is 9.80. The van der Waals surface area contributed by atoms with Crippen molar-refractivity contribution in [2.45, 2.75) is 39.2 Å². The Kier molecular flexibility index (Phi) is 6.49. The summed E-state index contributed by atoms with van der Waals surface area (Å²) in [6.45, 7) is 6.59. The molecule has 0 unspecified atom stereocenters. The number of hydrogen-bond donors (Lipinski definition) is 1. The summed E-state index contributed by atoms with van der Waals surface area (Å²) in [4.78, 5) is 27.7. The molecular weight excluding hydrogens is 368 g/mol. The lowest BCUT2D eigenvalue weighted by atomic mass is 10.0. The van der Waals surface area contributed by atoms with Crippen molar-refractivity contribution in [3.8, 4) is 5.75 Å². The lowest BCUT2D eigenvalue weighted by Gasteiger charge is -2.34. The predicted molar refractivity (Wildman–Crippen MR) is 101 cm³/mol. The highest BCUT2D eigenvalue weighted by atomic mass is 19.2. The van der Waals surface area contributed by atoms with Gasteiger partial charge in [-0.05, 0) is 25.8 Å². The molecule has 0 aromatic heterocycles. The molecule has 1 aromatic carbocycles. The van der Waals surface area contributed by atoms with Gasteiger partial charge in [0.05, 0.1) is 5.69 Å². The van der Waals surface area contributed by atoms with Crippen molar-refractivity contribution in [2.24, 2.45) is 5.92 Å². The summed E-state index contributed by atoms with van der Waals surface area (Å²) < 4.78 is 32.2. The second-order valence-corrected chi connectivity index (χ2v) is 7.70.